The van der Waals surface area contributed by atoms with Crippen LogP contribution in [0.2, 0.25) is 0 Å². The predicted molar refractivity (Wildman–Crippen MR) is 79.1 cm³/mol. The van der Waals surface area contributed by atoms with Gasteiger partial charge in [0, 0.05) is 30.8 Å². The number of hydrogen-bond acceptors (Lipinski definition) is 7. The Kier molecular flexibility index (Phi) is 2.87. The molecule has 3 heterocycles. The summed E-state index contributed by atoms with van der Waals surface area (Å²) in [6, 6.07) is 0.358. The van der Waals surface area contributed by atoms with Crippen molar-refractivity contribution in [2.45, 2.75) is 24.7 Å². The van der Waals surface area contributed by atoms with Crippen LogP contribution in [0.4, 0.5) is 0 Å². The van der Waals surface area contributed by atoms with E-state index in [0.717, 1.165) is 0 Å². The van der Waals surface area contributed by atoms with Gasteiger partial charge in [0.2, 0.25) is 11.6 Å². The van der Waals surface area contributed by atoms with E-state index < -0.39 is 11.6 Å². The standard InChI is InChI=1S/C16H20N2O5/c1-7-12(20)11-10(13(21)14(7)22-3)8(6-19)16(23-4)15-9(17(15)2)5-18(11)16/h8-9,15,19H,5-6H2,1-4H3/t8-,9+,15+,16-,17?/m1/s1. The van der Waals surface area contributed by atoms with Crippen LogP contribution in [-0.4, -0.2) is 78.7 Å². The van der Waals surface area contributed by atoms with Gasteiger partial charge in [-0.3, -0.25) is 14.5 Å². The minimum absolute atomic E-state index is 0.0697. The molecule has 5 atom stereocenters. The second-order valence-electron chi connectivity index (χ2n) is 6.56. The van der Waals surface area contributed by atoms with Crippen LogP contribution < -0.4 is 0 Å². The van der Waals surface area contributed by atoms with E-state index in [-0.39, 0.29) is 36.0 Å². The van der Waals surface area contributed by atoms with Gasteiger partial charge in [-0.05, 0) is 14.0 Å². The normalized spacial score (nSPS) is 41.3. The van der Waals surface area contributed by atoms with E-state index in [0.29, 0.717) is 23.4 Å². The highest BCUT2D eigenvalue weighted by Crippen LogP contribution is 2.58. The highest BCUT2D eigenvalue weighted by Gasteiger charge is 2.75. The van der Waals surface area contributed by atoms with Crippen molar-refractivity contribution in [3.63, 3.8) is 0 Å². The molecule has 2 saturated heterocycles. The van der Waals surface area contributed by atoms with Gasteiger partial charge in [-0.15, -0.1) is 0 Å². The van der Waals surface area contributed by atoms with E-state index >= 15 is 0 Å². The molecule has 0 amide bonds. The fourth-order valence-corrected chi connectivity index (χ4v) is 4.79. The van der Waals surface area contributed by atoms with Crippen molar-refractivity contribution in [2.24, 2.45) is 5.92 Å². The molecule has 1 unspecified atom stereocenters. The summed E-state index contributed by atoms with van der Waals surface area (Å²) in [4.78, 5) is 29.8. The lowest BCUT2D eigenvalue weighted by Gasteiger charge is -2.40. The number of aliphatic hydroxyl groups is 1. The maximum atomic E-state index is 12.9. The number of Topliss-reactive ketones (excluding diaryl/α,β-unsaturated/α-hetero) is 2. The lowest BCUT2D eigenvalue weighted by atomic mass is 9.83. The highest BCUT2D eigenvalue weighted by molar-refractivity contribution is 6.25. The smallest absolute Gasteiger partial charge is 0.226 e. The number of carbonyl (C=O) groups excluding carboxylic acids is 2. The van der Waals surface area contributed by atoms with Gasteiger partial charge in [0.15, 0.2) is 11.5 Å². The minimum Gasteiger partial charge on any atom is -0.492 e. The SMILES string of the molecule is COC1=C(C)C(=O)C2=C(C1=O)[C@@H](CO)[C@@]1(OC)[C@@H]3[C@H](CN21)N3C. The van der Waals surface area contributed by atoms with Gasteiger partial charge in [-0.1, -0.05) is 0 Å². The van der Waals surface area contributed by atoms with Crippen LogP contribution in [0.1, 0.15) is 6.92 Å². The van der Waals surface area contributed by atoms with Gasteiger partial charge in [-0.25, -0.2) is 0 Å². The van der Waals surface area contributed by atoms with Gasteiger partial charge in [0.25, 0.3) is 0 Å². The molecule has 4 aliphatic rings. The van der Waals surface area contributed by atoms with Crippen molar-refractivity contribution < 1.29 is 24.2 Å². The molecule has 2 fully saturated rings. The summed E-state index contributed by atoms with van der Waals surface area (Å²) in [7, 11) is 4.96. The fraction of sp³-hybridized carbons (Fsp3) is 0.625. The van der Waals surface area contributed by atoms with Crippen molar-refractivity contribution in [3.8, 4) is 0 Å². The number of rotatable bonds is 3. The van der Waals surface area contributed by atoms with Crippen LogP contribution in [0.3, 0.4) is 0 Å². The Labute approximate surface area is 134 Å². The Balaban J connectivity index is 1.89. The number of likely N-dealkylation sites (N-methyl/N-ethyl adjacent to an activating group) is 1. The third kappa shape index (κ3) is 1.42. The first-order valence-corrected chi connectivity index (χ1v) is 7.69. The zero-order valence-electron chi connectivity index (χ0n) is 13.6. The lowest BCUT2D eigenvalue weighted by molar-refractivity contribution is -0.144. The number of methoxy groups -OCH3 is 2. The molecular formula is C16H20N2O5. The molecule has 7 heteroatoms. The van der Waals surface area contributed by atoms with Crippen molar-refractivity contribution >= 4 is 11.6 Å². The summed E-state index contributed by atoms with van der Waals surface area (Å²) < 4.78 is 11.0. The molecule has 4 rings (SSSR count). The number of aliphatic hydroxyl groups excluding tert-OH is 1. The average Bonchev–Trinajstić information content (AvgIpc) is 2.94. The van der Waals surface area contributed by atoms with Crippen LogP contribution in [0.25, 0.3) is 0 Å². The lowest BCUT2D eigenvalue weighted by Crippen LogP contribution is -2.55. The van der Waals surface area contributed by atoms with E-state index in [1.165, 1.54) is 7.11 Å². The molecule has 0 radical (unpaired) electrons. The van der Waals surface area contributed by atoms with Crippen molar-refractivity contribution in [2.75, 3.05) is 34.4 Å². The van der Waals surface area contributed by atoms with E-state index in [1.54, 1.807) is 14.0 Å². The second kappa shape index (κ2) is 4.43. The van der Waals surface area contributed by atoms with Gasteiger partial charge in [0.1, 0.15) is 0 Å². The Hall–Kier alpha value is -1.70. The van der Waals surface area contributed by atoms with Gasteiger partial charge in [-0.2, -0.15) is 0 Å². The molecule has 0 aromatic rings. The topological polar surface area (TPSA) is 79.1 Å². The third-order valence-corrected chi connectivity index (χ3v) is 5.89. The zero-order chi connectivity index (χ0) is 16.7. The number of carbonyl (C=O) groups is 2. The first-order valence-electron chi connectivity index (χ1n) is 7.69. The van der Waals surface area contributed by atoms with Gasteiger partial charge in [0.05, 0.1) is 31.4 Å². The molecule has 1 aliphatic carbocycles. The van der Waals surface area contributed by atoms with Crippen LogP contribution in [0, 0.1) is 5.92 Å². The fourth-order valence-electron chi connectivity index (χ4n) is 4.79. The van der Waals surface area contributed by atoms with E-state index in [1.807, 2.05) is 11.9 Å². The number of fused-ring (bicyclic) bond motifs is 4. The highest BCUT2D eigenvalue weighted by atomic mass is 16.5. The maximum Gasteiger partial charge on any atom is 0.226 e. The number of piperazine rings is 1. The Morgan fingerprint density at radius 1 is 1.30 bits per heavy atom. The summed E-state index contributed by atoms with van der Waals surface area (Å²) in [5, 5.41) is 10.0. The van der Waals surface area contributed by atoms with Crippen molar-refractivity contribution in [1.29, 1.82) is 0 Å². The van der Waals surface area contributed by atoms with Crippen molar-refractivity contribution in [1.82, 2.24) is 9.80 Å². The molecule has 3 aliphatic heterocycles. The molecule has 124 valence electrons. The first-order chi connectivity index (χ1) is 10.9. The summed E-state index contributed by atoms with van der Waals surface area (Å²) in [5.74, 6) is -1.01. The number of hydrogen-bond donors (Lipinski definition) is 1. The quantitative estimate of drug-likeness (QED) is 0.543. The predicted octanol–water partition coefficient (Wildman–Crippen LogP) is -0.724. The van der Waals surface area contributed by atoms with Crippen molar-refractivity contribution in [3.05, 3.63) is 22.6 Å². The van der Waals surface area contributed by atoms with Crippen LogP contribution in [-0.2, 0) is 19.1 Å². The molecule has 0 spiro atoms. The molecule has 0 saturated carbocycles. The minimum atomic E-state index is -0.854. The molecule has 0 aromatic heterocycles. The molecule has 1 N–H and O–H groups in total. The zero-order valence-corrected chi connectivity index (χ0v) is 13.6. The average molecular weight is 320 g/mol. The monoisotopic (exact) mass is 320 g/mol. The summed E-state index contributed by atoms with van der Waals surface area (Å²) in [5.41, 5.74) is 0.178. The van der Waals surface area contributed by atoms with Crippen LogP contribution >= 0.6 is 0 Å². The third-order valence-electron chi connectivity index (χ3n) is 5.89. The maximum absolute atomic E-state index is 12.9. The molecule has 0 aromatic carbocycles. The summed E-state index contributed by atoms with van der Waals surface area (Å²) in [6.07, 6.45) is 0. The molecule has 0 bridgehead atoms. The van der Waals surface area contributed by atoms with Gasteiger partial charge < -0.3 is 19.5 Å². The molecule has 23 heavy (non-hydrogen) atoms. The Morgan fingerprint density at radius 3 is 2.57 bits per heavy atom. The van der Waals surface area contributed by atoms with Crippen LogP contribution in [0.15, 0.2) is 22.6 Å². The molecular weight excluding hydrogens is 300 g/mol. The number of ether oxygens (including phenoxy) is 2. The summed E-state index contributed by atoms with van der Waals surface area (Å²) in [6.45, 7) is 1.97. The van der Waals surface area contributed by atoms with E-state index in [9.17, 15) is 14.7 Å². The Morgan fingerprint density at radius 2 is 2.00 bits per heavy atom. The second-order valence-corrected chi connectivity index (χ2v) is 6.56. The molecule has 7 nitrogen and oxygen atoms in total. The summed E-state index contributed by atoms with van der Waals surface area (Å²) >= 11 is 0. The largest absolute Gasteiger partial charge is 0.492 e. The number of allylic oxidation sites excluding steroid dienone is 2. The number of ketones is 2. The van der Waals surface area contributed by atoms with Crippen LogP contribution in [0.5, 0.6) is 0 Å². The first kappa shape index (κ1) is 14.9. The van der Waals surface area contributed by atoms with E-state index in [2.05, 4.69) is 4.90 Å². The van der Waals surface area contributed by atoms with E-state index in [4.69, 9.17) is 9.47 Å². The Bertz CT molecular complexity index is 697. The van der Waals surface area contributed by atoms with Gasteiger partial charge >= 0.3 is 0 Å². The number of nitrogens with zero attached hydrogens (tertiary/aromatic N) is 2.